The summed E-state index contributed by atoms with van der Waals surface area (Å²) in [5.74, 6) is -11.0. The van der Waals surface area contributed by atoms with Crippen LogP contribution < -0.4 is 12.4 Å². The van der Waals surface area contributed by atoms with E-state index in [2.05, 4.69) is 0 Å². The summed E-state index contributed by atoms with van der Waals surface area (Å²) in [4.78, 5) is 0. The lowest BCUT2D eigenvalue weighted by Crippen LogP contribution is -3.00. The van der Waals surface area contributed by atoms with E-state index in [1.54, 1.807) is 0 Å². The van der Waals surface area contributed by atoms with Crippen LogP contribution in [0.15, 0.2) is 0 Å². The first-order chi connectivity index (χ1) is 6.21. The second-order valence-electron chi connectivity index (χ2n) is 4.23. The fourth-order valence-corrected chi connectivity index (χ4v) is 2.29. The summed E-state index contributed by atoms with van der Waals surface area (Å²) in [6.45, 7) is 3.81. The quantitative estimate of drug-likeness (QED) is 0.532. The molecule has 0 heterocycles. The number of halogens is 8. The van der Waals surface area contributed by atoms with Gasteiger partial charge in [-0.1, -0.05) is 0 Å². The van der Waals surface area contributed by atoms with E-state index in [4.69, 9.17) is 0 Å². The topological polar surface area (TPSA) is 0 Å². The van der Waals surface area contributed by atoms with Crippen molar-refractivity contribution in [3.8, 4) is 0 Å². The van der Waals surface area contributed by atoms with Crippen molar-refractivity contribution in [2.45, 2.75) is 18.0 Å². The molecule has 0 unspecified atom stereocenters. The van der Waals surface area contributed by atoms with Gasteiger partial charge in [0.1, 0.15) is 6.16 Å². The summed E-state index contributed by atoms with van der Waals surface area (Å²) in [5.41, 5.74) is 0. The highest BCUT2D eigenvalue weighted by molar-refractivity contribution is 7.73. The van der Waals surface area contributed by atoms with Gasteiger partial charge in [0, 0.05) is 27.3 Å². The summed E-state index contributed by atoms with van der Waals surface area (Å²) in [5, 5.41) is 0. The lowest BCUT2D eigenvalue weighted by Gasteiger charge is -2.29. The highest BCUT2D eigenvalue weighted by Gasteiger charge is 2.74. The minimum Gasteiger partial charge on any atom is -1.00 e. The maximum atomic E-state index is 12.8. The highest BCUT2D eigenvalue weighted by atomic mass is 35.5. The lowest BCUT2D eigenvalue weighted by molar-refractivity contribution is -0.348. The van der Waals surface area contributed by atoms with Gasteiger partial charge < -0.3 is 12.4 Å². The molecule has 0 aromatic rings. The van der Waals surface area contributed by atoms with E-state index in [0.717, 1.165) is 0 Å². The predicted molar refractivity (Wildman–Crippen MR) is 45.5 cm³/mol. The van der Waals surface area contributed by atoms with Crippen LogP contribution in [-0.4, -0.2) is 44.2 Å². The van der Waals surface area contributed by atoms with Crippen molar-refractivity contribution >= 4 is 7.26 Å². The first-order valence-corrected chi connectivity index (χ1v) is 7.15. The molecule has 0 rings (SSSR count). The SMILES string of the molecule is C[P+](C)(C)CC(F)(F)C(F)(F)C(F)(F)F.[Cl-]. The molecule has 0 aromatic heterocycles. The molecule has 0 saturated carbocycles. The van der Waals surface area contributed by atoms with Gasteiger partial charge >= 0.3 is 18.0 Å². The average Bonchev–Trinajstić information content (AvgIpc) is 1.77. The lowest BCUT2D eigenvalue weighted by atomic mass is 10.2. The number of rotatable bonds is 3. The van der Waals surface area contributed by atoms with Crippen LogP contribution >= 0.6 is 7.26 Å². The summed E-state index contributed by atoms with van der Waals surface area (Å²) in [7, 11) is -2.43. The van der Waals surface area contributed by atoms with Crippen LogP contribution in [-0.2, 0) is 0 Å². The Bertz CT molecular complexity index is 230. The van der Waals surface area contributed by atoms with Gasteiger partial charge in [-0.15, -0.1) is 0 Å². The molecule has 16 heavy (non-hydrogen) atoms. The summed E-state index contributed by atoms with van der Waals surface area (Å²) in [6, 6.07) is 0. The Hall–Kier alpha value is 0.230. The summed E-state index contributed by atoms with van der Waals surface area (Å²) < 4.78 is 85.3. The van der Waals surface area contributed by atoms with Gasteiger partial charge in [-0.3, -0.25) is 0 Å². The number of hydrogen-bond acceptors (Lipinski definition) is 0. The number of hydrogen-bond donors (Lipinski definition) is 0. The van der Waals surface area contributed by atoms with E-state index in [1.807, 2.05) is 0 Å². The van der Waals surface area contributed by atoms with Crippen molar-refractivity contribution in [3.63, 3.8) is 0 Å². The molecule has 0 amide bonds. The standard InChI is InChI=1S/C7H11F7P.ClH/c1-15(2,3)4-5(8,9)6(10,11)7(12,13)14;/h4H2,1-3H3;1H/q+1;/p-1. The molecule has 0 saturated heterocycles. The van der Waals surface area contributed by atoms with Crippen LogP contribution in [0.3, 0.4) is 0 Å². The molecule has 0 radical (unpaired) electrons. The van der Waals surface area contributed by atoms with Crippen molar-refractivity contribution in [2.24, 2.45) is 0 Å². The van der Waals surface area contributed by atoms with E-state index in [0.29, 0.717) is 0 Å². The van der Waals surface area contributed by atoms with Crippen LogP contribution in [0.4, 0.5) is 30.7 Å². The minimum absolute atomic E-state index is 0. The van der Waals surface area contributed by atoms with Crippen molar-refractivity contribution in [2.75, 3.05) is 26.2 Å². The second kappa shape index (κ2) is 4.84. The third kappa shape index (κ3) is 4.24. The zero-order valence-electron chi connectivity index (χ0n) is 8.68. The number of alkyl halides is 7. The Morgan fingerprint density at radius 3 is 1.31 bits per heavy atom. The van der Waals surface area contributed by atoms with Gasteiger partial charge in [0.15, 0.2) is 0 Å². The first kappa shape index (κ1) is 18.6. The average molecular weight is 295 g/mol. The third-order valence-electron chi connectivity index (χ3n) is 1.49. The van der Waals surface area contributed by atoms with Gasteiger partial charge in [-0.05, 0) is 0 Å². The Morgan fingerprint density at radius 1 is 0.812 bits per heavy atom. The smallest absolute Gasteiger partial charge is 0.460 e. The zero-order chi connectivity index (χ0) is 12.7. The monoisotopic (exact) mass is 294 g/mol. The molecule has 0 fully saturated rings. The van der Waals surface area contributed by atoms with Crippen LogP contribution in [0.25, 0.3) is 0 Å². The molecule has 0 nitrogen and oxygen atoms in total. The van der Waals surface area contributed by atoms with Crippen LogP contribution in [0, 0.1) is 0 Å². The van der Waals surface area contributed by atoms with Crippen LogP contribution in [0.5, 0.6) is 0 Å². The molecular formula is C7H11ClF7P. The van der Waals surface area contributed by atoms with Crippen molar-refractivity contribution < 1.29 is 43.1 Å². The molecule has 0 bridgehead atoms. The molecule has 0 aromatic carbocycles. The fourth-order valence-electron chi connectivity index (χ4n) is 0.902. The maximum Gasteiger partial charge on any atom is 0.460 e. The second-order valence-corrected chi connectivity index (χ2v) is 9.12. The Balaban J connectivity index is 0. The first-order valence-electron chi connectivity index (χ1n) is 3.83. The Morgan fingerprint density at radius 2 is 1.12 bits per heavy atom. The molecule has 0 N–H and O–H groups in total. The van der Waals surface area contributed by atoms with E-state index in [1.165, 1.54) is 20.0 Å². The van der Waals surface area contributed by atoms with E-state index in [-0.39, 0.29) is 12.4 Å². The Kier molecular flexibility index (Phi) is 5.63. The Labute approximate surface area is 95.3 Å². The van der Waals surface area contributed by atoms with Gasteiger partial charge in [0.2, 0.25) is 0 Å². The van der Waals surface area contributed by atoms with Crippen LogP contribution in [0.1, 0.15) is 0 Å². The molecule has 100 valence electrons. The molecular weight excluding hydrogens is 283 g/mol. The fraction of sp³-hybridized carbons (Fsp3) is 1.00. The molecule has 9 heteroatoms. The molecule has 0 aliphatic carbocycles. The van der Waals surface area contributed by atoms with Crippen molar-refractivity contribution in [3.05, 3.63) is 0 Å². The van der Waals surface area contributed by atoms with Crippen molar-refractivity contribution in [1.82, 2.24) is 0 Å². The van der Waals surface area contributed by atoms with E-state index in [9.17, 15) is 30.7 Å². The minimum atomic E-state index is -6.22. The highest BCUT2D eigenvalue weighted by Crippen LogP contribution is 2.56. The van der Waals surface area contributed by atoms with Crippen LogP contribution in [0.2, 0.25) is 0 Å². The molecule has 0 aliphatic rings. The summed E-state index contributed by atoms with van der Waals surface area (Å²) in [6.07, 6.45) is -7.64. The van der Waals surface area contributed by atoms with E-state index >= 15 is 0 Å². The normalized spacial score (nSPS) is 14.6. The maximum absolute atomic E-state index is 12.8. The largest absolute Gasteiger partial charge is 1.00 e. The van der Waals surface area contributed by atoms with Gasteiger partial charge in [-0.2, -0.15) is 30.7 Å². The molecule has 0 atom stereocenters. The third-order valence-corrected chi connectivity index (χ3v) is 2.83. The summed E-state index contributed by atoms with van der Waals surface area (Å²) >= 11 is 0. The van der Waals surface area contributed by atoms with Crippen molar-refractivity contribution in [1.29, 1.82) is 0 Å². The van der Waals surface area contributed by atoms with Gasteiger partial charge in [0.25, 0.3) is 0 Å². The van der Waals surface area contributed by atoms with E-state index < -0.39 is 31.4 Å². The van der Waals surface area contributed by atoms with Gasteiger partial charge in [-0.25, -0.2) is 0 Å². The molecule has 0 aliphatic heterocycles. The zero-order valence-corrected chi connectivity index (χ0v) is 10.3. The predicted octanol–water partition coefficient (Wildman–Crippen LogP) is 0.730. The van der Waals surface area contributed by atoms with Gasteiger partial charge in [0.05, 0.1) is 0 Å². The molecule has 0 spiro atoms.